The van der Waals surface area contributed by atoms with Crippen molar-refractivity contribution in [1.29, 1.82) is 0 Å². The molecule has 1 aromatic carbocycles. The summed E-state index contributed by atoms with van der Waals surface area (Å²) in [5.74, 6) is 0.407. The summed E-state index contributed by atoms with van der Waals surface area (Å²) < 4.78 is 0. The summed E-state index contributed by atoms with van der Waals surface area (Å²) in [5, 5.41) is 13.0. The number of rotatable bonds is 4. The molecule has 1 fully saturated rings. The van der Waals surface area contributed by atoms with Crippen molar-refractivity contribution in [2.75, 3.05) is 33.2 Å². The zero-order valence-electron chi connectivity index (χ0n) is 15.9. The lowest BCUT2D eigenvalue weighted by atomic mass is 9.93. The number of nitrogens with one attached hydrogen (secondary N) is 2. The van der Waals surface area contributed by atoms with Gasteiger partial charge in [0.15, 0.2) is 0 Å². The van der Waals surface area contributed by atoms with Crippen LogP contribution in [0.3, 0.4) is 0 Å². The molecule has 0 saturated carbocycles. The van der Waals surface area contributed by atoms with Crippen molar-refractivity contribution in [2.45, 2.75) is 31.8 Å². The highest BCUT2D eigenvalue weighted by Gasteiger charge is 2.27. The number of likely N-dealkylation sites (N-methyl/N-ethyl adjacent to an activating group) is 1. The molecular formula is C21H28N4O2. The Labute approximate surface area is 160 Å². The standard InChI is InChI=1S/C21H28N4O2/c1-24-9-11-25(12-10-24)21(27)19-13-16-3-2-4-18(20(16)23-19)22-14-15-5-7-17(26)8-6-15/h5-8,13,18,22-23,26H,2-4,9-12,14H2,1H3. The molecule has 0 radical (unpaired) electrons. The quantitative estimate of drug-likeness (QED) is 0.774. The van der Waals surface area contributed by atoms with Gasteiger partial charge >= 0.3 is 0 Å². The van der Waals surface area contributed by atoms with E-state index in [1.54, 1.807) is 12.1 Å². The van der Waals surface area contributed by atoms with Gasteiger partial charge in [0, 0.05) is 44.5 Å². The number of aryl methyl sites for hydroxylation is 1. The second-order valence-corrected chi connectivity index (χ2v) is 7.71. The zero-order chi connectivity index (χ0) is 18.8. The first kappa shape index (κ1) is 18.1. The van der Waals surface area contributed by atoms with Crippen LogP contribution >= 0.6 is 0 Å². The number of H-pyrrole nitrogens is 1. The molecule has 4 rings (SSSR count). The predicted octanol–water partition coefficient (Wildman–Crippen LogP) is 2.28. The number of carbonyl (C=O) groups is 1. The molecule has 1 atom stereocenters. The van der Waals surface area contributed by atoms with Gasteiger partial charge in [0.2, 0.25) is 0 Å². The summed E-state index contributed by atoms with van der Waals surface area (Å²) in [7, 11) is 2.10. The lowest BCUT2D eigenvalue weighted by Crippen LogP contribution is -2.47. The fourth-order valence-corrected chi connectivity index (χ4v) is 4.03. The van der Waals surface area contributed by atoms with E-state index in [2.05, 4.69) is 28.3 Å². The molecule has 1 aromatic heterocycles. The van der Waals surface area contributed by atoms with E-state index < -0.39 is 0 Å². The molecule has 1 aliphatic carbocycles. The molecule has 1 saturated heterocycles. The molecule has 0 bridgehead atoms. The van der Waals surface area contributed by atoms with Gasteiger partial charge in [-0.2, -0.15) is 0 Å². The van der Waals surface area contributed by atoms with Crippen molar-refractivity contribution in [2.24, 2.45) is 0 Å². The largest absolute Gasteiger partial charge is 0.508 e. The van der Waals surface area contributed by atoms with Gasteiger partial charge in [0.25, 0.3) is 5.91 Å². The minimum atomic E-state index is 0.120. The van der Waals surface area contributed by atoms with Crippen molar-refractivity contribution >= 4 is 5.91 Å². The van der Waals surface area contributed by atoms with Gasteiger partial charge < -0.3 is 25.2 Å². The normalized spacial score (nSPS) is 20.5. The Morgan fingerprint density at radius 2 is 1.96 bits per heavy atom. The van der Waals surface area contributed by atoms with E-state index in [4.69, 9.17) is 0 Å². The molecule has 27 heavy (non-hydrogen) atoms. The Balaban J connectivity index is 1.44. The number of carbonyl (C=O) groups excluding carboxylic acids is 1. The highest BCUT2D eigenvalue weighted by molar-refractivity contribution is 5.93. The van der Waals surface area contributed by atoms with E-state index in [9.17, 15) is 9.90 Å². The van der Waals surface area contributed by atoms with Crippen molar-refractivity contribution in [3.05, 3.63) is 52.8 Å². The average Bonchev–Trinajstić information content (AvgIpc) is 3.12. The summed E-state index contributed by atoms with van der Waals surface area (Å²) in [6.45, 7) is 4.19. The number of piperazine rings is 1. The Morgan fingerprint density at radius 3 is 2.70 bits per heavy atom. The van der Waals surface area contributed by atoms with Gasteiger partial charge in [-0.05, 0) is 55.6 Å². The fraction of sp³-hybridized carbons (Fsp3) is 0.476. The molecule has 0 spiro atoms. The van der Waals surface area contributed by atoms with Crippen LogP contribution in [0.2, 0.25) is 0 Å². The third kappa shape index (κ3) is 4.01. The van der Waals surface area contributed by atoms with Crippen LogP contribution in [0.15, 0.2) is 30.3 Å². The topological polar surface area (TPSA) is 71.6 Å². The van der Waals surface area contributed by atoms with Gasteiger partial charge in [-0.25, -0.2) is 0 Å². The number of benzene rings is 1. The summed E-state index contributed by atoms with van der Waals surface area (Å²) in [6.07, 6.45) is 3.22. The lowest BCUT2D eigenvalue weighted by Gasteiger charge is -2.32. The summed E-state index contributed by atoms with van der Waals surface area (Å²) in [6, 6.07) is 9.59. The first-order chi connectivity index (χ1) is 13.1. The second-order valence-electron chi connectivity index (χ2n) is 7.71. The molecular weight excluding hydrogens is 340 g/mol. The van der Waals surface area contributed by atoms with Crippen LogP contribution in [0.5, 0.6) is 5.75 Å². The molecule has 2 aromatic rings. The maximum absolute atomic E-state index is 12.9. The van der Waals surface area contributed by atoms with Gasteiger partial charge in [0.05, 0.1) is 0 Å². The summed E-state index contributed by atoms with van der Waals surface area (Å²) >= 11 is 0. The van der Waals surface area contributed by atoms with Crippen molar-refractivity contribution in [1.82, 2.24) is 20.1 Å². The maximum Gasteiger partial charge on any atom is 0.270 e. The van der Waals surface area contributed by atoms with Crippen molar-refractivity contribution in [3.63, 3.8) is 0 Å². The number of hydrogen-bond donors (Lipinski definition) is 3. The number of aromatic hydroxyl groups is 1. The van der Waals surface area contributed by atoms with Crippen LogP contribution in [0, 0.1) is 0 Å². The number of hydrogen-bond acceptors (Lipinski definition) is 4. The summed E-state index contributed by atoms with van der Waals surface area (Å²) in [4.78, 5) is 20.5. The molecule has 144 valence electrons. The van der Waals surface area contributed by atoms with E-state index in [0.717, 1.165) is 68.9 Å². The molecule has 3 N–H and O–H groups in total. The second kappa shape index (κ2) is 7.74. The van der Waals surface area contributed by atoms with E-state index in [1.807, 2.05) is 17.0 Å². The maximum atomic E-state index is 12.9. The molecule has 6 heteroatoms. The monoisotopic (exact) mass is 368 g/mol. The Hall–Kier alpha value is -2.31. The van der Waals surface area contributed by atoms with Crippen LogP contribution in [0.1, 0.15) is 46.2 Å². The summed E-state index contributed by atoms with van der Waals surface area (Å²) in [5.41, 5.74) is 4.29. The predicted molar refractivity (Wildman–Crippen MR) is 105 cm³/mol. The number of fused-ring (bicyclic) bond motifs is 1. The molecule has 2 aliphatic rings. The van der Waals surface area contributed by atoms with E-state index >= 15 is 0 Å². The first-order valence-corrected chi connectivity index (χ1v) is 9.81. The van der Waals surface area contributed by atoms with Gasteiger partial charge in [-0.15, -0.1) is 0 Å². The SMILES string of the molecule is CN1CCN(C(=O)c2cc3c([nH]2)C(NCc2ccc(O)cc2)CCC3)CC1. The van der Waals surface area contributed by atoms with E-state index in [0.29, 0.717) is 0 Å². The Bertz CT molecular complexity index is 791. The Morgan fingerprint density at radius 1 is 1.22 bits per heavy atom. The van der Waals surface area contributed by atoms with E-state index in [1.165, 1.54) is 5.56 Å². The number of aromatic nitrogens is 1. The molecule has 1 aliphatic heterocycles. The fourth-order valence-electron chi connectivity index (χ4n) is 4.03. The zero-order valence-corrected chi connectivity index (χ0v) is 15.9. The van der Waals surface area contributed by atoms with Crippen molar-refractivity contribution < 1.29 is 9.90 Å². The minimum Gasteiger partial charge on any atom is -0.508 e. The number of phenolic OH excluding ortho intramolecular Hbond substituents is 1. The van der Waals surface area contributed by atoms with Crippen LogP contribution in [0.25, 0.3) is 0 Å². The number of amides is 1. The van der Waals surface area contributed by atoms with Crippen LogP contribution in [-0.2, 0) is 13.0 Å². The average molecular weight is 368 g/mol. The van der Waals surface area contributed by atoms with Crippen LogP contribution in [-0.4, -0.2) is 59.0 Å². The van der Waals surface area contributed by atoms with Gasteiger partial charge in [-0.3, -0.25) is 4.79 Å². The van der Waals surface area contributed by atoms with E-state index in [-0.39, 0.29) is 17.7 Å². The third-order valence-electron chi connectivity index (χ3n) is 5.73. The highest BCUT2D eigenvalue weighted by atomic mass is 16.3. The lowest BCUT2D eigenvalue weighted by molar-refractivity contribution is 0.0658. The molecule has 6 nitrogen and oxygen atoms in total. The number of aromatic amines is 1. The molecule has 1 amide bonds. The van der Waals surface area contributed by atoms with Crippen molar-refractivity contribution in [3.8, 4) is 5.75 Å². The molecule has 2 heterocycles. The first-order valence-electron chi connectivity index (χ1n) is 9.81. The highest BCUT2D eigenvalue weighted by Crippen LogP contribution is 2.30. The number of nitrogens with zero attached hydrogens (tertiary/aromatic N) is 2. The minimum absolute atomic E-state index is 0.120. The third-order valence-corrected chi connectivity index (χ3v) is 5.73. The van der Waals surface area contributed by atoms with Crippen LogP contribution < -0.4 is 5.32 Å². The Kier molecular flexibility index (Phi) is 5.18. The smallest absolute Gasteiger partial charge is 0.270 e. The van der Waals surface area contributed by atoms with Gasteiger partial charge in [0.1, 0.15) is 11.4 Å². The van der Waals surface area contributed by atoms with Crippen LogP contribution in [0.4, 0.5) is 0 Å². The number of phenols is 1. The van der Waals surface area contributed by atoms with Gasteiger partial charge in [-0.1, -0.05) is 12.1 Å². The molecule has 1 unspecified atom stereocenters.